The summed E-state index contributed by atoms with van der Waals surface area (Å²) in [6.45, 7) is 2.45. The normalized spacial score (nSPS) is 10.2. The summed E-state index contributed by atoms with van der Waals surface area (Å²) in [5.74, 6) is 0.266. The van der Waals surface area contributed by atoms with E-state index >= 15 is 0 Å². The molecule has 0 radical (unpaired) electrons. The van der Waals surface area contributed by atoms with Gasteiger partial charge in [0.2, 0.25) is 5.76 Å². The molecule has 0 saturated carbocycles. The minimum absolute atomic E-state index is 0.166. The van der Waals surface area contributed by atoms with Crippen molar-refractivity contribution < 1.29 is 13.9 Å². The fourth-order valence-electron chi connectivity index (χ4n) is 1.83. The molecule has 0 amide bonds. The van der Waals surface area contributed by atoms with Crippen molar-refractivity contribution in [2.45, 2.75) is 19.9 Å². The van der Waals surface area contributed by atoms with Crippen molar-refractivity contribution in [3.63, 3.8) is 0 Å². The molecule has 0 N–H and O–H groups in total. The van der Waals surface area contributed by atoms with Crippen LogP contribution in [0.5, 0.6) is 0 Å². The third-order valence-corrected chi connectivity index (χ3v) is 2.85. The number of carbonyl (C=O) groups is 1. The highest BCUT2D eigenvalue weighted by molar-refractivity contribution is 5.86. The molecule has 2 heterocycles. The minimum Gasteiger partial charge on any atom is -0.463 e. The van der Waals surface area contributed by atoms with E-state index in [1.54, 1.807) is 16.7 Å². The lowest BCUT2D eigenvalue weighted by molar-refractivity contribution is 0.0563. The van der Waals surface area contributed by atoms with E-state index in [-0.39, 0.29) is 5.76 Å². The Labute approximate surface area is 111 Å². The molecule has 0 aliphatic rings. The number of carbonyl (C=O) groups excluding carboxylic acids is 1. The summed E-state index contributed by atoms with van der Waals surface area (Å²) in [6, 6.07) is 7.27. The van der Waals surface area contributed by atoms with E-state index in [9.17, 15) is 4.79 Å². The number of esters is 1. The number of hydrogen-bond donors (Lipinski definition) is 0. The molecular weight excluding hydrogens is 244 g/mol. The number of furan rings is 1. The number of aromatic nitrogens is 1. The monoisotopic (exact) mass is 258 g/mol. The Morgan fingerprint density at radius 1 is 1.53 bits per heavy atom. The summed E-state index contributed by atoms with van der Waals surface area (Å²) in [5, 5.41) is 9.06. The molecule has 0 spiro atoms. The lowest BCUT2D eigenvalue weighted by Gasteiger charge is -2.01. The van der Waals surface area contributed by atoms with E-state index in [2.05, 4.69) is 10.8 Å². The average Bonchev–Trinajstić information content (AvgIpc) is 3.05. The predicted molar refractivity (Wildman–Crippen MR) is 67.7 cm³/mol. The first-order valence-electron chi connectivity index (χ1n) is 5.94. The van der Waals surface area contributed by atoms with E-state index in [1.165, 1.54) is 7.11 Å². The number of rotatable bonds is 4. The summed E-state index contributed by atoms with van der Waals surface area (Å²) < 4.78 is 11.8. The van der Waals surface area contributed by atoms with Gasteiger partial charge in [-0.25, -0.2) is 4.79 Å². The lowest BCUT2D eigenvalue weighted by atomic mass is 10.2. The number of nitriles is 1. The van der Waals surface area contributed by atoms with Gasteiger partial charge in [0.15, 0.2) is 0 Å². The summed E-state index contributed by atoms with van der Waals surface area (Å²) in [4.78, 5) is 11.3. The lowest BCUT2D eigenvalue weighted by Crippen LogP contribution is -2.01. The number of ether oxygens (including phenoxy) is 1. The van der Waals surface area contributed by atoms with Crippen LogP contribution < -0.4 is 0 Å². The van der Waals surface area contributed by atoms with Crippen LogP contribution in [0.15, 0.2) is 28.8 Å². The van der Waals surface area contributed by atoms with E-state index in [4.69, 9.17) is 9.68 Å². The summed E-state index contributed by atoms with van der Waals surface area (Å²) in [6.07, 6.45) is 2.78. The quantitative estimate of drug-likeness (QED) is 0.789. The summed E-state index contributed by atoms with van der Waals surface area (Å²) >= 11 is 0. The molecule has 0 aromatic carbocycles. The van der Waals surface area contributed by atoms with Crippen molar-refractivity contribution in [2.24, 2.45) is 0 Å². The Morgan fingerprint density at radius 3 is 2.95 bits per heavy atom. The first-order valence-corrected chi connectivity index (χ1v) is 5.94. The van der Waals surface area contributed by atoms with Crippen molar-refractivity contribution in [2.75, 3.05) is 7.11 Å². The summed E-state index contributed by atoms with van der Waals surface area (Å²) in [7, 11) is 1.30. The van der Waals surface area contributed by atoms with Crippen molar-refractivity contribution >= 4 is 5.97 Å². The average molecular weight is 258 g/mol. The molecular formula is C14H14N2O3. The van der Waals surface area contributed by atoms with Crippen LogP contribution in [0.25, 0.3) is 0 Å². The van der Waals surface area contributed by atoms with Crippen LogP contribution in [0, 0.1) is 11.3 Å². The molecule has 0 fully saturated rings. The minimum atomic E-state index is -0.506. The first kappa shape index (κ1) is 13.0. The Hall–Kier alpha value is -2.48. The van der Waals surface area contributed by atoms with Crippen LogP contribution >= 0.6 is 0 Å². The second-order valence-corrected chi connectivity index (χ2v) is 4.08. The highest BCUT2D eigenvalue weighted by Crippen LogP contribution is 2.14. The van der Waals surface area contributed by atoms with E-state index in [0.29, 0.717) is 18.0 Å². The molecule has 0 aliphatic carbocycles. The van der Waals surface area contributed by atoms with E-state index in [1.807, 2.05) is 19.2 Å². The van der Waals surface area contributed by atoms with Gasteiger partial charge in [0.1, 0.15) is 17.5 Å². The van der Waals surface area contributed by atoms with Gasteiger partial charge in [-0.15, -0.1) is 0 Å². The SMILES string of the molecule is CCc1cc(C#N)n(Cc2ccc(C(=O)OC)o2)c1. The molecule has 2 aromatic heterocycles. The third kappa shape index (κ3) is 2.68. The second-order valence-electron chi connectivity index (χ2n) is 4.08. The molecule has 2 rings (SSSR count). The van der Waals surface area contributed by atoms with Crippen LogP contribution in [0.4, 0.5) is 0 Å². The fraction of sp³-hybridized carbons (Fsp3) is 0.286. The standard InChI is InChI=1S/C14H14N2O3/c1-3-10-6-11(7-15)16(8-10)9-12-4-5-13(19-12)14(17)18-2/h4-6,8H,3,9H2,1-2H3. The maximum Gasteiger partial charge on any atom is 0.373 e. The van der Waals surface area contributed by atoms with Crippen molar-refractivity contribution in [1.29, 1.82) is 5.26 Å². The number of nitrogens with zero attached hydrogens (tertiary/aromatic N) is 2. The zero-order valence-corrected chi connectivity index (χ0v) is 10.8. The van der Waals surface area contributed by atoms with Crippen LogP contribution in [-0.4, -0.2) is 17.6 Å². The topological polar surface area (TPSA) is 68.2 Å². The smallest absolute Gasteiger partial charge is 0.373 e. The molecule has 0 atom stereocenters. The molecule has 5 nitrogen and oxygen atoms in total. The highest BCUT2D eigenvalue weighted by Gasteiger charge is 2.12. The molecule has 2 aromatic rings. The van der Waals surface area contributed by atoms with Crippen LogP contribution in [0.3, 0.4) is 0 Å². The molecule has 0 saturated heterocycles. The molecule has 19 heavy (non-hydrogen) atoms. The maximum atomic E-state index is 11.3. The van der Waals surface area contributed by atoms with Gasteiger partial charge in [0.05, 0.1) is 13.7 Å². The molecule has 0 unspecified atom stereocenters. The number of hydrogen-bond acceptors (Lipinski definition) is 4. The molecule has 98 valence electrons. The maximum absolute atomic E-state index is 11.3. The fourth-order valence-corrected chi connectivity index (χ4v) is 1.83. The Morgan fingerprint density at radius 2 is 2.32 bits per heavy atom. The van der Waals surface area contributed by atoms with Crippen molar-refractivity contribution in [3.8, 4) is 6.07 Å². The second kappa shape index (κ2) is 5.44. The Kier molecular flexibility index (Phi) is 3.71. The van der Waals surface area contributed by atoms with Gasteiger partial charge in [0.25, 0.3) is 0 Å². The van der Waals surface area contributed by atoms with Gasteiger partial charge in [-0.2, -0.15) is 5.26 Å². The predicted octanol–water partition coefficient (Wildman–Crippen LogP) is 2.35. The van der Waals surface area contributed by atoms with Gasteiger partial charge in [-0.3, -0.25) is 0 Å². The largest absolute Gasteiger partial charge is 0.463 e. The van der Waals surface area contributed by atoms with E-state index in [0.717, 1.165) is 12.0 Å². The molecule has 0 aliphatic heterocycles. The zero-order valence-electron chi connectivity index (χ0n) is 10.8. The van der Waals surface area contributed by atoms with Crippen molar-refractivity contribution in [1.82, 2.24) is 4.57 Å². The van der Waals surface area contributed by atoms with Gasteiger partial charge in [-0.05, 0) is 30.2 Å². The van der Waals surface area contributed by atoms with Gasteiger partial charge >= 0.3 is 5.97 Å². The summed E-state index contributed by atoms with van der Waals surface area (Å²) in [5.41, 5.74) is 1.67. The molecule has 5 heteroatoms. The van der Waals surface area contributed by atoms with Crippen LogP contribution in [0.2, 0.25) is 0 Å². The van der Waals surface area contributed by atoms with Crippen LogP contribution in [-0.2, 0) is 17.7 Å². The van der Waals surface area contributed by atoms with Crippen molar-refractivity contribution in [3.05, 3.63) is 47.2 Å². The zero-order chi connectivity index (χ0) is 13.8. The van der Waals surface area contributed by atoms with Gasteiger partial charge in [0, 0.05) is 6.20 Å². The van der Waals surface area contributed by atoms with Gasteiger partial charge < -0.3 is 13.7 Å². The van der Waals surface area contributed by atoms with E-state index < -0.39 is 5.97 Å². The third-order valence-electron chi connectivity index (χ3n) is 2.85. The number of methoxy groups -OCH3 is 1. The Balaban J connectivity index is 2.21. The highest BCUT2D eigenvalue weighted by atomic mass is 16.5. The van der Waals surface area contributed by atoms with Gasteiger partial charge in [-0.1, -0.05) is 6.92 Å². The van der Waals surface area contributed by atoms with Crippen LogP contribution in [0.1, 0.15) is 34.5 Å². The Bertz CT molecular complexity index is 631. The number of aryl methyl sites for hydroxylation is 1. The first-order chi connectivity index (χ1) is 9.17. The molecule has 0 bridgehead atoms.